The first-order chi connectivity index (χ1) is 9.63. The van der Waals surface area contributed by atoms with E-state index in [0.29, 0.717) is 18.3 Å². The monoisotopic (exact) mass is 281 g/mol. The van der Waals surface area contributed by atoms with Crippen LogP contribution in [0.4, 0.5) is 15.8 Å². The molecule has 1 atom stereocenters. The maximum absolute atomic E-state index is 13.7. The largest absolute Gasteiger partial charge is 0.491 e. The molecule has 2 rings (SSSR count). The molecule has 0 bridgehead atoms. The SMILES string of the molecule is CCOc1cc(NC2CCCN(CC)C2)c(N)cc1F. The molecule has 1 aromatic carbocycles. The molecule has 5 heteroatoms. The summed E-state index contributed by atoms with van der Waals surface area (Å²) in [5.41, 5.74) is 7.09. The van der Waals surface area contributed by atoms with Crippen molar-refractivity contribution in [2.24, 2.45) is 0 Å². The van der Waals surface area contributed by atoms with E-state index in [2.05, 4.69) is 17.1 Å². The average molecular weight is 281 g/mol. The molecule has 0 aliphatic carbocycles. The second-order valence-corrected chi connectivity index (χ2v) is 5.18. The molecule has 3 N–H and O–H groups in total. The molecule has 1 unspecified atom stereocenters. The van der Waals surface area contributed by atoms with Gasteiger partial charge in [0.05, 0.1) is 18.0 Å². The molecule has 0 spiro atoms. The number of likely N-dealkylation sites (tertiary alicyclic amines) is 1. The minimum atomic E-state index is -0.409. The van der Waals surface area contributed by atoms with E-state index in [0.717, 1.165) is 31.7 Å². The zero-order chi connectivity index (χ0) is 14.5. The van der Waals surface area contributed by atoms with Crippen molar-refractivity contribution >= 4 is 11.4 Å². The second kappa shape index (κ2) is 6.79. The zero-order valence-corrected chi connectivity index (χ0v) is 12.3. The Balaban J connectivity index is 2.10. The molecule has 1 aromatic rings. The van der Waals surface area contributed by atoms with Crippen LogP contribution in [0.1, 0.15) is 26.7 Å². The zero-order valence-electron chi connectivity index (χ0n) is 12.3. The molecule has 1 saturated heterocycles. The van der Waals surface area contributed by atoms with E-state index >= 15 is 0 Å². The molecule has 112 valence electrons. The van der Waals surface area contributed by atoms with Gasteiger partial charge in [-0.25, -0.2) is 4.39 Å². The standard InChI is InChI=1S/C15H24FN3O/c1-3-19-7-5-6-11(10-19)18-14-9-15(20-4-2)12(16)8-13(14)17/h8-9,11,18H,3-7,10,17H2,1-2H3. The van der Waals surface area contributed by atoms with Gasteiger partial charge < -0.3 is 20.7 Å². The van der Waals surface area contributed by atoms with E-state index < -0.39 is 5.82 Å². The lowest BCUT2D eigenvalue weighted by Crippen LogP contribution is -2.41. The number of nitrogens with two attached hydrogens (primary N) is 1. The molecule has 4 nitrogen and oxygen atoms in total. The number of hydrogen-bond acceptors (Lipinski definition) is 4. The molecule has 0 aromatic heterocycles. The molecule has 1 aliphatic heterocycles. The predicted octanol–water partition coefficient (Wildman–Crippen LogP) is 2.70. The highest BCUT2D eigenvalue weighted by Gasteiger charge is 2.20. The minimum absolute atomic E-state index is 0.257. The van der Waals surface area contributed by atoms with Crippen molar-refractivity contribution in [3.8, 4) is 5.75 Å². The summed E-state index contributed by atoms with van der Waals surface area (Å²) in [6.45, 7) is 7.65. The number of piperidine rings is 1. The summed E-state index contributed by atoms with van der Waals surface area (Å²) >= 11 is 0. The van der Waals surface area contributed by atoms with Crippen LogP contribution in [0.3, 0.4) is 0 Å². The summed E-state index contributed by atoms with van der Waals surface area (Å²) in [4.78, 5) is 2.41. The Kier molecular flexibility index (Phi) is 5.06. The highest BCUT2D eigenvalue weighted by molar-refractivity contribution is 5.69. The number of nitrogens with zero attached hydrogens (tertiary/aromatic N) is 1. The Hall–Kier alpha value is -1.49. The van der Waals surface area contributed by atoms with Gasteiger partial charge in [-0.1, -0.05) is 6.92 Å². The van der Waals surface area contributed by atoms with Crippen LogP contribution in [0.15, 0.2) is 12.1 Å². The van der Waals surface area contributed by atoms with Crippen molar-refractivity contribution in [3.05, 3.63) is 17.9 Å². The molecular weight excluding hydrogens is 257 g/mol. The van der Waals surface area contributed by atoms with Crippen LogP contribution in [-0.2, 0) is 0 Å². The first-order valence-electron chi connectivity index (χ1n) is 7.34. The number of anilines is 2. The average Bonchev–Trinajstić information content (AvgIpc) is 2.44. The van der Waals surface area contributed by atoms with Gasteiger partial charge in [-0.3, -0.25) is 0 Å². The summed E-state index contributed by atoms with van der Waals surface area (Å²) in [5, 5.41) is 3.43. The third-order valence-corrected chi connectivity index (χ3v) is 3.72. The van der Waals surface area contributed by atoms with Crippen molar-refractivity contribution in [2.45, 2.75) is 32.7 Å². The lowest BCUT2D eigenvalue weighted by atomic mass is 10.1. The first kappa shape index (κ1) is 14.9. The van der Waals surface area contributed by atoms with E-state index in [-0.39, 0.29) is 5.75 Å². The summed E-state index contributed by atoms with van der Waals surface area (Å²) in [7, 11) is 0. The molecule has 20 heavy (non-hydrogen) atoms. The van der Waals surface area contributed by atoms with E-state index in [4.69, 9.17) is 10.5 Å². The first-order valence-corrected chi connectivity index (χ1v) is 7.34. The fourth-order valence-corrected chi connectivity index (χ4v) is 2.64. The molecule has 0 amide bonds. The van der Waals surface area contributed by atoms with Gasteiger partial charge in [0.15, 0.2) is 11.6 Å². The third-order valence-electron chi connectivity index (χ3n) is 3.72. The Labute approximate surface area is 120 Å². The van der Waals surface area contributed by atoms with Gasteiger partial charge in [-0.15, -0.1) is 0 Å². The molecule has 0 radical (unpaired) electrons. The summed E-state index contributed by atoms with van der Waals surface area (Å²) < 4.78 is 19.0. The van der Waals surface area contributed by atoms with Crippen molar-refractivity contribution in [1.82, 2.24) is 4.90 Å². The topological polar surface area (TPSA) is 50.5 Å². The van der Waals surface area contributed by atoms with E-state index in [1.165, 1.54) is 12.5 Å². The van der Waals surface area contributed by atoms with Crippen LogP contribution in [0.2, 0.25) is 0 Å². The van der Waals surface area contributed by atoms with E-state index in [9.17, 15) is 4.39 Å². The minimum Gasteiger partial charge on any atom is -0.491 e. The Bertz CT molecular complexity index is 453. The lowest BCUT2D eigenvalue weighted by Gasteiger charge is -2.33. The number of halogens is 1. The van der Waals surface area contributed by atoms with Crippen LogP contribution >= 0.6 is 0 Å². The fourth-order valence-electron chi connectivity index (χ4n) is 2.64. The van der Waals surface area contributed by atoms with Gasteiger partial charge in [0.2, 0.25) is 0 Å². The normalized spacial score (nSPS) is 19.9. The molecule has 0 saturated carbocycles. The fraction of sp³-hybridized carbons (Fsp3) is 0.600. The van der Waals surface area contributed by atoms with Crippen LogP contribution < -0.4 is 15.8 Å². The van der Waals surface area contributed by atoms with Crippen LogP contribution in [0.25, 0.3) is 0 Å². The van der Waals surface area contributed by atoms with Gasteiger partial charge >= 0.3 is 0 Å². The summed E-state index contributed by atoms with van der Waals surface area (Å²) in [6.07, 6.45) is 2.28. The van der Waals surface area contributed by atoms with Crippen LogP contribution in [0.5, 0.6) is 5.75 Å². The van der Waals surface area contributed by atoms with Crippen LogP contribution in [0, 0.1) is 5.82 Å². The number of benzene rings is 1. The molecular formula is C15H24FN3O. The maximum Gasteiger partial charge on any atom is 0.167 e. The number of rotatable bonds is 5. The Morgan fingerprint density at radius 2 is 2.25 bits per heavy atom. The van der Waals surface area contributed by atoms with Crippen LogP contribution in [-0.4, -0.2) is 37.2 Å². The quantitative estimate of drug-likeness (QED) is 0.815. The Morgan fingerprint density at radius 1 is 1.45 bits per heavy atom. The highest BCUT2D eigenvalue weighted by Crippen LogP contribution is 2.29. The number of hydrogen-bond donors (Lipinski definition) is 2. The predicted molar refractivity (Wildman–Crippen MR) is 80.7 cm³/mol. The maximum atomic E-state index is 13.7. The third kappa shape index (κ3) is 3.54. The molecule has 1 heterocycles. The summed E-state index contributed by atoms with van der Waals surface area (Å²) in [5.74, 6) is -0.152. The van der Waals surface area contributed by atoms with Crippen molar-refractivity contribution in [2.75, 3.05) is 37.3 Å². The number of nitrogen functional groups attached to an aromatic ring is 1. The highest BCUT2D eigenvalue weighted by atomic mass is 19.1. The molecule has 1 fully saturated rings. The van der Waals surface area contributed by atoms with Crippen molar-refractivity contribution in [3.63, 3.8) is 0 Å². The van der Waals surface area contributed by atoms with Gasteiger partial charge in [0, 0.05) is 24.7 Å². The summed E-state index contributed by atoms with van der Waals surface area (Å²) in [6, 6.07) is 3.35. The van der Waals surface area contributed by atoms with Gasteiger partial charge in [-0.2, -0.15) is 0 Å². The van der Waals surface area contributed by atoms with Crippen molar-refractivity contribution < 1.29 is 9.13 Å². The van der Waals surface area contributed by atoms with Gasteiger partial charge in [0.1, 0.15) is 0 Å². The number of ether oxygens (including phenoxy) is 1. The van der Waals surface area contributed by atoms with E-state index in [1.807, 2.05) is 6.92 Å². The molecule has 1 aliphatic rings. The van der Waals surface area contributed by atoms with Gasteiger partial charge in [-0.05, 0) is 32.9 Å². The number of likely N-dealkylation sites (N-methyl/N-ethyl adjacent to an activating group) is 1. The smallest absolute Gasteiger partial charge is 0.167 e. The Morgan fingerprint density at radius 3 is 2.95 bits per heavy atom. The number of nitrogens with one attached hydrogen (secondary N) is 1. The van der Waals surface area contributed by atoms with Gasteiger partial charge in [0.25, 0.3) is 0 Å². The van der Waals surface area contributed by atoms with Crippen molar-refractivity contribution in [1.29, 1.82) is 0 Å². The van der Waals surface area contributed by atoms with E-state index in [1.54, 1.807) is 6.07 Å². The second-order valence-electron chi connectivity index (χ2n) is 5.18. The lowest BCUT2D eigenvalue weighted by molar-refractivity contribution is 0.227.